The first-order valence-corrected chi connectivity index (χ1v) is 5.65. The monoisotopic (exact) mass is 240 g/mol. The van der Waals surface area contributed by atoms with Crippen molar-refractivity contribution in [3.63, 3.8) is 0 Å². The van der Waals surface area contributed by atoms with Gasteiger partial charge in [0.15, 0.2) is 0 Å². The van der Waals surface area contributed by atoms with Gasteiger partial charge in [0.1, 0.15) is 0 Å². The molecule has 0 aliphatic rings. The van der Waals surface area contributed by atoms with E-state index in [1.807, 2.05) is 0 Å². The maximum atomic E-state index is 11.6. The van der Waals surface area contributed by atoms with Crippen LogP contribution in [0.25, 0.3) is 5.53 Å². The molecule has 7 heteroatoms. The van der Waals surface area contributed by atoms with Crippen LogP contribution in [0.5, 0.6) is 0 Å². The first-order valence-electron chi connectivity index (χ1n) is 4.16. The van der Waals surface area contributed by atoms with Crippen LogP contribution >= 0.6 is 0 Å². The molecule has 0 saturated carbocycles. The first-order chi connectivity index (χ1) is 7.39. The van der Waals surface area contributed by atoms with Crippen LogP contribution in [-0.4, -0.2) is 29.3 Å². The average Bonchev–Trinajstić information content (AvgIpc) is 2.18. The zero-order valence-corrected chi connectivity index (χ0v) is 9.10. The van der Waals surface area contributed by atoms with E-state index in [4.69, 9.17) is 10.6 Å². The molecule has 1 N–H and O–H groups in total. The minimum atomic E-state index is -4.27. The Balaban J connectivity index is 3.38. The largest absolute Gasteiger partial charge is 0.493 e. The van der Waals surface area contributed by atoms with Gasteiger partial charge in [-0.3, -0.25) is 0 Å². The third-order valence-corrected chi connectivity index (χ3v) is 3.52. The van der Waals surface area contributed by atoms with E-state index in [2.05, 4.69) is 4.79 Å². The number of benzene rings is 1. The maximum absolute atomic E-state index is 11.6. The zero-order chi connectivity index (χ0) is 12.3. The van der Waals surface area contributed by atoms with E-state index in [1.165, 1.54) is 24.3 Å². The van der Waals surface area contributed by atoms with E-state index in [0.29, 0.717) is 0 Å². The fraction of sp³-hybridized carbons (Fsp3) is 0.111. The highest BCUT2D eigenvalue weighted by atomic mass is 32.2. The number of sulfone groups is 1. The number of rotatable bonds is 1. The Morgan fingerprint density at radius 3 is 2.19 bits per heavy atom. The van der Waals surface area contributed by atoms with Crippen molar-refractivity contribution in [2.24, 2.45) is 0 Å². The highest BCUT2D eigenvalue weighted by Crippen LogP contribution is 2.12. The van der Waals surface area contributed by atoms with E-state index in [0.717, 1.165) is 5.56 Å². The number of hydrogen-bond acceptors (Lipinski definition) is 3. The van der Waals surface area contributed by atoms with Crippen LogP contribution in [0.4, 0.5) is 0 Å². The molecule has 1 rings (SSSR count). The molecule has 1 aromatic rings. The number of hydrogen-bond donors (Lipinski definition) is 1. The van der Waals surface area contributed by atoms with Gasteiger partial charge >= 0.3 is 11.0 Å². The van der Waals surface area contributed by atoms with Crippen molar-refractivity contribution >= 4 is 20.9 Å². The van der Waals surface area contributed by atoms with Gasteiger partial charge in [-0.1, -0.05) is 17.7 Å². The summed E-state index contributed by atoms with van der Waals surface area (Å²) in [7, 11) is -4.27. The molecule has 0 saturated heterocycles. The number of carboxylic acids is 1. The van der Waals surface area contributed by atoms with Crippen molar-refractivity contribution < 1.29 is 23.1 Å². The van der Waals surface area contributed by atoms with Gasteiger partial charge in [-0.05, 0) is 19.1 Å². The minimum absolute atomic E-state index is 0.228. The van der Waals surface area contributed by atoms with Crippen LogP contribution < -0.4 is 0 Å². The van der Waals surface area contributed by atoms with Gasteiger partial charge < -0.3 is 10.6 Å². The predicted molar refractivity (Wildman–Crippen MR) is 54.6 cm³/mol. The van der Waals surface area contributed by atoms with Gasteiger partial charge in [-0.25, -0.2) is 13.2 Å². The Hall–Kier alpha value is -1.98. The van der Waals surface area contributed by atoms with Gasteiger partial charge in [0, 0.05) is 0 Å². The van der Waals surface area contributed by atoms with E-state index in [-0.39, 0.29) is 4.90 Å². The summed E-state index contributed by atoms with van der Waals surface area (Å²) in [5.41, 5.74) is 9.21. The Bertz CT molecular complexity index is 568. The maximum Gasteiger partial charge on any atom is 0.493 e. The molecule has 0 aromatic heterocycles. The number of aliphatic carboxylic acids is 1. The molecule has 16 heavy (non-hydrogen) atoms. The molecular formula is C9H8N2O4S. The zero-order valence-electron chi connectivity index (χ0n) is 8.28. The van der Waals surface area contributed by atoms with Gasteiger partial charge in [-0.15, -0.1) is 4.79 Å². The van der Waals surface area contributed by atoms with Crippen LogP contribution in [0.15, 0.2) is 29.2 Å². The van der Waals surface area contributed by atoms with Gasteiger partial charge in [-0.2, -0.15) is 0 Å². The van der Waals surface area contributed by atoms with Crippen molar-refractivity contribution in [1.82, 2.24) is 0 Å². The number of nitrogens with zero attached hydrogens (tertiary/aromatic N) is 2. The van der Waals surface area contributed by atoms with E-state index in [1.54, 1.807) is 6.92 Å². The molecule has 0 fully saturated rings. The van der Waals surface area contributed by atoms with Crippen LogP contribution in [0.1, 0.15) is 5.56 Å². The lowest BCUT2D eigenvalue weighted by Crippen LogP contribution is -2.25. The second-order valence-electron chi connectivity index (χ2n) is 3.03. The van der Waals surface area contributed by atoms with E-state index in [9.17, 15) is 13.2 Å². The fourth-order valence-corrected chi connectivity index (χ4v) is 2.10. The van der Waals surface area contributed by atoms with Crippen molar-refractivity contribution in [2.45, 2.75) is 11.8 Å². The SMILES string of the molecule is Cc1ccc(S(=O)(=O)C(=[N+]=[N-])C(=O)O)cc1. The molecule has 0 spiro atoms. The van der Waals surface area contributed by atoms with Crippen LogP contribution in [0.2, 0.25) is 0 Å². The van der Waals surface area contributed by atoms with E-state index >= 15 is 0 Å². The Morgan fingerprint density at radius 2 is 1.81 bits per heavy atom. The molecule has 0 bridgehead atoms. The summed E-state index contributed by atoms with van der Waals surface area (Å²) in [6.07, 6.45) is 0. The lowest BCUT2D eigenvalue weighted by atomic mass is 10.2. The van der Waals surface area contributed by atoms with Crippen LogP contribution in [0, 0.1) is 6.92 Å². The third-order valence-electron chi connectivity index (χ3n) is 1.86. The normalized spacial score (nSPS) is 10.6. The molecule has 84 valence electrons. The molecule has 6 nitrogen and oxygen atoms in total. The molecule has 1 aromatic carbocycles. The second kappa shape index (κ2) is 4.26. The molecule has 0 aliphatic heterocycles. The smallest absolute Gasteiger partial charge is 0.472 e. The first kappa shape index (κ1) is 12.1. The summed E-state index contributed by atoms with van der Waals surface area (Å²) in [6.45, 7) is 1.76. The number of carboxylic acid groups (broad SMARTS) is 1. The van der Waals surface area contributed by atoms with Crippen molar-refractivity contribution in [3.05, 3.63) is 35.4 Å². The molecule has 0 unspecified atom stereocenters. The third kappa shape index (κ3) is 2.16. The summed E-state index contributed by atoms with van der Waals surface area (Å²) in [5.74, 6) is -1.80. The van der Waals surface area contributed by atoms with Crippen molar-refractivity contribution in [1.29, 1.82) is 0 Å². The lowest BCUT2D eigenvalue weighted by Gasteiger charge is -1.98. The minimum Gasteiger partial charge on any atom is -0.472 e. The van der Waals surface area contributed by atoms with Gasteiger partial charge in [0.2, 0.25) is 0 Å². The predicted octanol–water partition coefficient (Wildman–Crippen LogP) is 0.482. The Morgan fingerprint density at radius 1 is 1.31 bits per heavy atom. The molecular weight excluding hydrogens is 232 g/mol. The fourth-order valence-electron chi connectivity index (χ4n) is 1.04. The Kier molecular flexibility index (Phi) is 3.22. The van der Waals surface area contributed by atoms with Crippen LogP contribution in [0.3, 0.4) is 0 Å². The standard InChI is InChI=1S/C9H8N2O4S/c1-6-2-4-7(5-3-6)16(14,15)8(11-10)9(12)13/h2-5H,1H3,(H,12,13). The number of carbonyl (C=O) groups is 1. The Labute approximate surface area is 91.7 Å². The van der Waals surface area contributed by atoms with Crippen LogP contribution in [-0.2, 0) is 14.6 Å². The highest BCUT2D eigenvalue weighted by Gasteiger charge is 2.37. The molecule has 0 atom stereocenters. The molecule has 0 radical (unpaired) electrons. The van der Waals surface area contributed by atoms with Gasteiger partial charge in [0.05, 0.1) is 4.90 Å². The summed E-state index contributed by atoms with van der Waals surface area (Å²) >= 11 is 0. The average molecular weight is 240 g/mol. The summed E-state index contributed by atoms with van der Waals surface area (Å²) in [6, 6.07) is 5.53. The second-order valence-corrected chi connectivity index (χ2v) is 4.89. The summed E-state index contributed by atoms with van der Waals surface area (Å²) in [5, 5.41) is 7.26. The van der Waals surface area contributed by atoms with Crippen molar-refractivity contribution in [2.75, 3.05) is 0 Å². The molecule has 0 amide bonds. The topological polar surface area (TPSA) is 108 Å². The summed E-state index contributed by atoms with van der Waals surface area (Å²) in [4.78, 5) is 12.6. The summed E-state index contributed by atoms with van der Waals surface area (Å²) < 4.78 is 23.3. The molecule has 0 aliphatic carbocycles. The van der Waals surface area contributed by atoms with Gasteiger partial charge in [0.25, 0.3) is 9.84 Å². The quantitative estimate of drug-likeness (QED) is 0.333. The highest BCUT2D eigenvalue weighted by molar-refractivity contribution is 8.08. The van der Waals surface area contributed by atoms with E-state index < -0.39 is 20.9 Å². The van der Waals surface area contributed by atoms with Crippen molar-refractivity contribution in [3.8, 4) is 0 Å². The lowest BCUT2D eigenvalue weighted by molar-refractivity contribution is -0.133. The molecule has 0 heterocycles. The number of aryl methyl sites for hydroxylation is 1.